The van der Waals surface area contributed by atoms with Gasteiger partial charge in [0.25, 0.3) is 11.8 Å². The Morgan fingerprint density at radius 3 is 2.51 bits per heavy atom. The largest absolute Gasteiger partial charge is 0.573 e. The van der Waals surface area contributed by atoms with Gasteiger partial charge in [0.15, 0.2) is 5.65 Å². The van der Waals surface area contributed by atoms with Crippen LogP contribution in [0, 0.1) is 11.3 Å². The minimum atomic E-state index is -5.14. The van der Waals surface area contributed by atoms with E-state index in [2.05, 4.69) is 25.0 Å². The molecule has 0 bridgehead atoms. The summed E-state index contributed by atoms with van der Waals surface area (Å²) in [6.45, 7) is 2.04. The number of halogens is 5. The predicted octanol–water partition coefficient (Wildman–Crippen LogP) is 5.19. The van der Waals surface area contributed by atoms with Crippen LogP contribution in [0.1, 0.15) is 47.2 Å². The fraction of sp³-hybridized carbons (Fsp3) is 0.208. The van der Waals surface area contributed by atoms with Crippen LogP contribution >= 0.6 is 0 Å². The van der Waals surface area contributed by atoms with Crippen molar-refractivity contribution in [3.05, 3.63) is 77.4 Å². The molecule has 0 radical (unpaired) electrons. The number of hydrogen-bond acceptors (Lipinski definition) is 6. The number of aromatic nitrogens is 4. The second kappa shape index (κ2) is 9.45. The molecule has 1 unspecified atom stereocenters. The first-order valence-electron chi connectivity index (χ1n) is 10.7. The number of fused-ring (bicyclic) bond motifs is 1. The molecule has 0 saturated heterocycles. The summed E-state index contributed by atoms with van der Waals surface area (Å²) in [4.78, 5) is 26.0. The van der Waals surface area contributed by atoms with Crippen LogP contribution in [0.3, 0.4) is 0 Å². The number of carbonyl (C=O) groups excluding carboxylic acids is 1. The van der Waals surface area contributed by atoms with Crippen LogP contribution in [0.5, 0.6) is 5.75 Å². The van der Waals surface area contributed by atoms with E-state index in [0.29, 0.717) is 35.5 Å². The van der Waals surface area contributed by atoms with Crippen LogP contribution in [0.15, 0.2) is 54.9 Å². The van der Waals surface area contributed by atoms with E-state index in [0.717, 1.165) is 12.1 Å². The second-order valence-corrected chi connectivity index (χ2v) is 8.05. The molecule has 1 atom stereocenters. The summed E-state index contributed by atoms with van der Waals surface area (Å²) in [7, 11) is 0. The van der Waals surface area contributed by atoms with Gasteiger partial charge in [0.1, 0.15) is 29.0 Å². The molecule has 0 fully saturated rings. The number of carbonyl (C=O) groups is 1. The van der Waals surface area contributed by atoms with Crippen molar-refractivity contribution >= 4 is 17.1 Å². The van der Waals surface area contributed by atoms with Crippen LogP contribution in [0.2, 0.25) is 0 Å². The highest BCUT2D eigenvalue weighted by Gasteiger charge is 2.33. The number of alkyl halides is 5. The number of ether oxygens (including phenoxy) is 1. The molecule has 8 nitrogen and oxygen atoms in total. The van der Waals surface area contributed by atoms with E-state index >= 15 is 0 Å². The molecular formula is C24H17F5N6O2. The standard InChI is InChI=1S/C24H17F5N6O2/c1-13(33-22(36)15-8-16(23(2,25)26)10-17(9-15)37-24(27,28)29)20-34-18-4-3-7-31-21(18)35(20)19-6-5-14(11-30)12-32-19/h3-10,12-13H,1-2H3,(H,33,36). The first kappa shape index (κ1) is 25.5. The lowest BCUT2D eigenvalue weighted by Crippen LogP contribution is -2.29. The third-order valence-electron chi connectivity index (χ3n) is 5.19. The molecule has 4 aromatic rings. The zero-order valence-corrected chi connectivity index (χ0v) is 19.2. The van der Waals surface area contributed by atoms with E-state index in [4.69, 9.17) is 5.26 Å². The van der Waals surface area contributed by atoms with E-state index in [1.165, 1.54) is 23.0 Å². The van der Waals surface area contributed by atoms with Gasteiger partial charge in [-0.3, -0.25) is 9.36 Å². The molecule has 0 aliphatic carbocycles. The first-order valence-corrected chi connectivity index (χ1v) is 10.7. The fourth-order valence-electron chi connectivity index (χ4n) is 3.55. The van der Waals surface area contributed by atoms with Gasteiger partial charge in [0.05, 0.1) is 11.6 Å². The number of imidazole rings is 1. The smallest absolute Gasteiger partial charge is 0.406 e. The molecule has 4 rings (SSSR count). The van der Waals surface area contributed by atoms with E-state index in [9.17, 15) is 26.7 Å². The third-order valence-corrected chi connectivity index (χ3v) is 5.19. The second-order valence-electron chi connectivity index (χ2n) is 8.05. The molecular weight excluding hydrogens is 499 g/mol. The Kier molecular flexibility index (Phi) is 6.51. The Bertz CT molecular complexity index is 1500. The number of pyridine rings is 2. The van der Waals surface area contributed by atoms with Crippen molar-refractivity contribution in [2.24, 2.45) is 0 Å². The monoisotopic (exact) mass is 516 g/mol. The molecule has 0 aliphatic rings. The average molecular weight is 516 g/mol. The summed E-state index contributed by atoms with van der Waals surface area (Å²) >= 11 is 0. The van der Waals surface area contributed by atoms with Gasteiger partial charge in [-0.1, -0.05) is 0 Å². The number of benzene rings is 1. The molecule has 0 spiro atoms. The number of hydrogen-bond donors (Lipinski definition) is 1. The summed E-state index contributed by atoms with van der Waals surface area (Å²) in [5.41, 5.74) is -0.135. The number of nitrogens with zero attached hydrogens (tertiary/aromatic N) is 5. The van der Waals surface area contributed by atoms with Gasteiger partial charge in [-0.05, 0) is 49.4 Å². The normalized spacial score (nSPS) is 12.7. The first-order chi connectivity index (χ1) is 17.4. The molecule has 0 saturated carbocycles. The van der Waals surface area contributed by atoms with Gasteiger partial charge >= 0.3 is 6.36 Å². The van der Waals surface area contributed by atoms with Crippen molar-refractivity contribution in [2.45, 2.75) is 32.2 Å². The van der Waals surface area contributed by atoms with E-state index in [1.54, 1.807) is 25.1 Å². The van der Waals surface area contributed by atoms with Gasteiger partial charge < -0.3 is 10.1 Å². The lowest BCUT2D eigenvalue weighted by molar-refractivity contribution is -0.274. The zero-order chi connectivity index (χ0) is 27.0. The average Bonchev–Trinajstić information content (AvgIpc) is 3.22. The van der Waals surface area contributed by atoms with Gasteiger partial charge in [-0.15, -0.1) is 13.2 Å². The van der Waals surface area contributed by atoms with Crippen LogP contribution in [0.4, 0.5) is 22.0 Å². The zero-order valence-electron chi connectivity index (χ0n) is 19.2. The quantitative estimate of drug-likeness (QED) is 0.354. The molecule has 190 valence electrons. The number of nitriles is 1. The summed E-state index contributed by atoms with van der Waals surface area (Å²) in [5, 5.41) is 11.6. The summed E-state index contributed by atoms with van der Waals surface area (Å²) < 4.78 is 71.4. The Morgan fingerprint density at radius 2 is 1.89 bits per heavy atom. The van der Waals surface area contributed by atoms with Crippen molar-refractivity contribution in [3.8, 4) is 17.6 Å². The van der Waals surface area contributed by atoms with E-state index in [-0.39, 0.29) is 5.82 Å². The molecule has 1 aromatic carbocycles. The highest BCUT2D eigenvalue weighted by molar-refractivity contribution is 5.95. The van der Waals surface area contributed by atoms with Crippen molar-refractivity contribution in [3.63, 3.8) is 0 Å². The molecule has 37 heavy (non-hydrogen) atoms. The van der Waals surface area contributed by atoms with Crippen molar-refractivity contribution in [1.82, 2.24) is 24.8 Å². The summed E-state index contributed by atoms with van der Waals surface area (Å²) in [6.07, 6.45) is -2.28. The molecule has 1 N–H and O–H groups in total. The maximum absolute atomic E-state index is 13.9. The van der Waals surface area contributed by atoms with Crippen LogP contribution < -0.4 is 10.1 Å². The lowest BCUT2D eigenvalue weighted by atomic mass is 10.0. The van der Waals surface area contributed by atoms with E-state index < -0.39 is 41.1 Å². The van der Waals surface area contributed by atoms with Gasteiger partial charge in [-0.2, -0.15) is 5.26 Å². The van der Waals surface area contributed by atoms with Crippen molar-refractivity contribution < 1.29 is 31.5 Å². The Morgan fingerprint density at radius 1 is 1.14 bits per heavy atom. The predicted molar refractivity (Wildman–Crippen MR) is 120 cm³/mol. The van der Waals surface area contributed by atoms with Gasteiger partial charge in [0, 0.05) is 30.4 Å². The SMILES string of the molecule is CC(NC(=O)c1cc(OC(F)(F)F)cc(C(C)(F)F)c1)c1nc2cccnc2n1-c1ccc(C#N)cn1. The Labute approximate surface area is 206 Å². The molecule has 3 heterocycles. The van der Waals surface area contributed by atoms with Gasteiger partial charge in [-0.25, -0.2) is 23.7 Å². The molecule has 13 heteroatoms. The van der Waals surface area contributed by atoms with Crippen molar-refractivity contribution in [1.29, 1.82) is 5.26 Å². The van der Waals surface area contributed by atoms with Crippen LogP contribution in [-0.2, 0) is 5.92 Å². The number of amides is 1. The number of rotatable bonds is 6. The van der Waals surface area contributed by atoms with E-state index in [1.807, 2.05) is 6.07 Å². The maximum atomic E-state index is 13.9. The van der Waals surface area contributed by atoms with Gasteiger partial charge in [0.2, 0.25) is 0 Å². The molecule has 0 aliphatic heterocycles. The highest BCUT2D eigenvalue weighted by Crippen LogP contribution is 2.33. The number of nitrogens with one attached hydrogen (secondary N) is 1. The highest BCUT2D eigenvalue weighted by atomic mass is 19.4. The Balaban J connectivity index is 1.72. The molecule has 3 aromatic heterocycles. The minimum absolute atomic E-state index is 0.253. The topological polar surface area (TPSA) is 106 Å². The maximum Gasteiger partial charge on any atom is 0.573 e. The third kappa shape index (κ3) is 5.64. The van der Waals surface area contributed by atoms with Crippen LogP contribution in [-0.4, -0.2) is 31.8 Å². The van der Waals surface area contributed by atoms with Crippen molar-refractivity contribution in [2.75, 3.05) is 0 Å². The lowest BCUT2D eigenvalue weighted by Gasteiger charge is -2.18. The Hall–Kier alpha value is -4.60. The van der Waals surface area contributed by atoms with Crippen LogP contribution in [0.25, 0.3) is 17.0 Å². The fourth-order valence-corrected chi connectivity index (χ4v) is 3.55. The minimum Gasteiger partial charge on any atom is -0.406 e. The molecule has 1 amide bonds. The summed E-state index contributed by atoms with van der Waals surface area (Å²) in [5.74, 6) is -4.84. The summed E-state index contributed by atoms with van der Waals surface area (Å²) in [6, 6.07) is 9.52.